The number of nitrogens with one attached hydrogen (secondary N) is 1. The van der Waals surface area contributed by atoms with Crippen molar-refractivity contribution in [3.8, 4) is 5.75 Å². The number of aryl methyl sites for hydroxylation is 1. The number of nitrogens with zero attached hydrogens (tertiary/aromatic N) is 3. The second-order valence-corrected chi connectivity index (χ2v) is 7.96. The monoisotopic (exact) mass is 338 g/mol. The Hall–Kier alpha value is -1.85. The summed E-state index contributed by atoms with van der Waals surface area (Å²) in [6.07, 6.45) is 4.45. The van der Waals surface area contributed by atoms with E-state index in [1.54, 1.807) is 6.07 Å². The highest BCUT2D eigenvalue weighted by atomic mass is 16.3. The first kappa shape index (κ1) is 15.4. The summed E-state index contributed by atoms with van der Waals surface area (Å²) < 4.78 is 0. The summed E-state index contributed by atoms with van der Waals surface area (Å²) in [6, 6.07) is 9.10. The number of aromatic hydroxyl groups is 1. The average molecular weight is 338 g/mol. The van der Waals surface area contributed by atoms with E-state index in [9.17, 15) is 5.11 Å². The zero-order valence-electron chi connectivity index (χ0n) is 14.7. The van der Waals surface area contributed by atoms with Crippen LogP contribution in [-0.2, 0) is 6.54 Å². The average Bonchev–Trinajstić information content (AvgIpc) is 3.22. The Morgan fingerprint density at radius 2 is 2.08 bits per heavy atom. The van der Waals surface area contributed by atoms with Crippen LogP contribution in [0.25, 0.3) is 0 Å². The van der Waals surface area contributed by atoms with Crippen molar-refractivity contribution >= 4 is 0 Å². The number of likely N-dealkylation sites (tertiary alicyclic amines) is 1. The number of phenolic OH excluding ortho intramolecular Hbond substituents is 1. The number of hydrogen-bond donors (Lipinski definition) is 2. The number of aromatic nitrogens is 2. The number of piperidine rings is 3. The molecule has 0 unspecified atom stereocenters. The fourth-order valence-electron chi connectivity index (χ4n) is 5.51. The first-order chi connectivity index (χ1) is 12.2. The molecule has 5 heterocycles. The molecular formula is C20H26N4O. The van der Waals surface area contributed by atoms with Gasteiger partial charge in [-0.1, -0.05) is 12.1 Å². The first-order valence-corrected chi connectivity index (χ1v) is 9.46. The van der Waals surface area contributed by atoms with Gasteiger partial charge in [0.15, 0.2) is 0 Å². The maximum Gasteiger partial charge on any atom is 0.115 e. The number of aromatic amines is 1. The fraction of sp³-hybridized carbons (Fsp3) is 0.550. The van der Waals surface area contributed by atoms with Gasteiger partial charge in [0.2, 0.25) is 0 Å². The quantitative estimate of drug-likeness (QED) is 0.903. The van der Waals surface area contributed by atoms with Gasteiger partial charge in [0, 0.05) is 36.8 Å². The Morgan fingerprint density at radius 1 is 1.24 bits per heavy atom. The maximum atomic E-state index is 9.97. The Bertz CT molecular complexity index is 765. The van der Waals surface area contributed by atoms with Crippen LogP contribution in [0.15, 0.2) is 30.6 Å². The largest absolute Gasteiger partial charge is 0.508 e. The summed E-state index contributed by atoms with van der Waals surface area (Å²) in [5, 5.41) is 9.97. The van der Waals surface area contributed by atoms with E-state index < -0.39 is 0 Å². The number of benzene rings is 1. The van der Waals surface area contributed by atoms with E-state index in [0.29, 0.717) is 23.8 Å². The van der Waals surface area contributed by atoms with E-state index in [1.165, 1.54) is 42.9 Å². The van der Waals surface area contributed by atoms with Crippen LogP contribution in [0.4, 0.5) is 0 Å². The lowest BCUT2D eigenvalue weighted by molar-refractivity contribution is -0.00900. The summed E-state index contributed by atoms with van der Waals surface area (Å²) in [5.74, 6) is 1.66. The zero-order chi connectivity index (χ0) is 17.0. The van der Waals surface area contributed by atoms with E-state index >= 15 is 0 Å². The maximum absolute atomic E-state index is 9.97. The summed E-state index contributed by atoms with van der Waals surface area (Å²) >= 11 is 0. The fourth-order valence-corrected chi connectivity index (χ4v) is 5.51. The normalized spacial score (nSPS) is 34.4. The molecule has 2 N–H and O–H groups in total. The van der Waals surface area contributed by atoms with Gasteiger partial charge in [-0.05, 0) is 56.5 Å². The van der Waals surface area contributed by atoms with Crippen LogP contribution in [0.5, 0.6) is 5.75 Å². The molecule has 25 heavy (non-hydrogen) atoms. The highest BCUT2D eigenvalue weighted by Crippen LogP contribution is 2.47. The Labute approximate surface area is 148 Å². The number of hydrogen-bond acceptors (Lipinski definition) is 4. The molecule has 3 atom stereocenters. The molecule has 2 bridgehead atoms. The van der Waals surface area contributed by atoms with E-state index in [1.807, 2.05) is 18.5 Å². The lowest BCUT2D eigenvalue weighted by atomic mass is 9.75. The SMILES string of the molecule is Cc1[nH]cnc1CN1C[C@@H](c2cccc(O)c2)[C@@H]2[C@H]1C1CCN2CC1. The van der Waals surface area contributed by atoms with Gasteiger partial charge in [-0.15, -0.1) is 0 Å². The molecule has 0 radical (unpaired) electrons. The number of rotatable bonds is 3. The number of H-pyrrole nitrogens is 1. The molecule has 4 fully saturated rings. The molecular weight excluding hydrogens is 312 g/mol. The zero-order valence-corrected chi connectivity index (χ0v) is 14.7. The van der Waals surface area contributed by atoms with Crippen LogP contribution in [-0.4, -0.2) is 56.6 Å². The Morgan fingerprint density at radius 3 is 2.80 bits per heavy atom. The topological polar surface area (TPSA) is 55.4 Å². The van der Waals surface area contributed by atoms with Crippen molar-refractivity contribution in [3.63, 3.8) is 0 Å². The number of phenols is 1. The van der Waals surface area contributed by atoms with Crippen molar-refractivity contribution in [1.82, 2.24) is 19.8 Å². The molecule has 132 valence electrons. The second kappa shape index (κ2) is 5.85. The third kappa shape index (κ3) is 2.49. The van der Waals surface area contributed by atoms with Gasteiger partial charge in [0.25, 0.3) is 0 Å². The van der Waals surface area contributed by atoms with E-state index in [-0.39, 0.29) is 0 Å². The van der Waals surface area contributed by atoms with Crippen LogP contribution in [0.3, 0.4) is 0 Å². The van der Waals surface area contributed by atoms with Crippen LogP contribution in [0.1, 0.15) is 35.7 Å². The van der Waals surface area contributed by atoms with Crippen molar-refractivity contribution in [2.75, 3.05) is 19.6 Å². The Balaban J connectivity index is 1.50. The predicted octanol–water partition coefficient (Wildman–Crippen LogP) is 2.49. The van der Waals surface area contributed by atoms with Crippen molar-refractivity contribution in [2.45, 2.75) is 44.3 Å². The molecule has 4 aliphatic heterocycles. The van der Waals surface area contributed by atoms with Crippen molar-refractivity contribution in [2.24, 2.45) is 5.92 Å². The van der Waals surface area contributed by atoms with E-state index in [2.05, 4.69) is 32.8 Å². The molecule has 1 aromatic carbocycles. The molecule has 0 saturated carbocycles. The molecule has 4 saturated heterocycles. The highest BCUT2D eigenvalue weighted by molar-refractivity contribution is 5.33. The molecule has 2 aromatic rings. The van der Waals surface area contributed by atoms with Gasteiger partial charge in [0.1, 0.15) is 5.75 Å². The van der Waals surface area contributed by atoms with Gasteiger partial charge in [-0.25, -0.2) is 4.98 Å². The van der Waals surface area contributed by atoms with Crippen molar-refractivity contribution < 1.29 is 5.11 Å². The smallest absolute Gasteiger partial charge is 0.115 e. The van der Waals surface area contributed by atoms with E-state index in [4.69, 9.17) is 0 Å². The van der Waals surface area contributed by atoms with Gasteiger partial charge < -0.3 is 10.1 Å². The minimum absolute atomic E-state index is 0.381. The van der Waals surface area contributed by atoms with Crippen LogP contribution in [0.2, 0.25) is 0 Å². The lowest BCUT2D eigenvalue weighted by Crippen LogP contribution is -2.60. The molecule has 6 rings (SSSR count). The third-order valence-electron chi connectivity index (χ3n) is 6.68. The lowest BCUT2D eigenvalue weighted by Gasteiger charge is -2.51. The van der Waals surface area contributed by atoms with Crippen LogP contribution in [0, 0.1) is 12.8 Å². The Kier molecular flexibility index (Phi) is 3.61. The standard InChI is InChI=1S/C20H26N4O/c1-13-18(22-12-21-13)11-24-10-17(15-3-2-4-16(25)9-15)20-19(24)14-5-7-23(20)8-6-14/h2-4,9,12,14,17,19-20,25H,5-8,10-11H2,1H3,(H,21,22)/t17-,19+,20+/m0/s1. The minimum Gasteiger partial charge on any atom is -0.508 e. The summed E-state index contributed by atoms with van der Waals surface area (Å²) in [6.45, 7) is 6.56. The molecule has 1 aromatic heterocycles. The minimum atomic E-state index is 0.381. The third-order valence-corrected chi connectivity index (χ3v) is 6.68. The number of imidazole rings is 1. The molecule has 0 spiro atoms. The van der Waals surface area contributed by atoms with Crippen molar-refractivity contribution in [1.29, 1.82) is 0 Å². The molecule has 0 aliphatic carbocycles. The van der Waals surface area contributed by atoms with Gasteiger partial charge >= 0.3 is 0 Å². The first-order valence-electron chi connectivity index (χ1n) is 9.46. The number of fused-ring (bicyclic) bond motifs is 2. The summed E-state index contributed by atoms with van der Waals surface area (Å²) in [7, 11) is 0. The van der Waals surface area contributed by atoms with Crippen molar-refractivity contribution in [3.05, 3.63) is 47.5 Å². The van der Waals surface area contributed by atoms with Crippen LogP contribution < -0.4 is 0 Å². The highest BCUT2D eigenvalue weighted by Gasteiger charge is 2.53. The molecule has 5 nitrogen and oxygen atoms in total. The molecule has 5 heteroatoms. The predicted molar refractivity (Wildman–Crippen MR) is 96.5 cm³/mol. The molecule has 0 amide bonds. The summed E-state index contributed by atoms with van der Waals surface area (Å²) in [5.41, 5.74) is 3.63. The van der Waals surface area contributed by atoms with E-state index in [0.717, 1.165) is 19.0 Å². The molecule has 4 aliphatic rings. The van der Waals surface area contributed by atoms with Gasteiger partial charge in [-0.2, -0.15) is 0 Å². The van der Waals surface area contributed by atoms with Gasteiger partial charge in [0.05, 0.1) is 12.0 Å². The van der Waals surface area contributed by atoms with Crippen LogP contribution >= 0.6 is 0 Å². The summed E-state index contributed by atoms with van der Waals surface area (Å²) in [4.78, 5) is 13.1. The van der Waals surface area contributed by atoms with Gasteiger partial charge in [-0.3, -0.25) is 9.80 Å². The second-order valence-electron chi connectivity index (χ2n) is 7.96.